The minimum absolute atomic E-state index is 0.309. The summed E-state index contributed by atoms with van der Waals surface area (Å²) in [5.74, 6) is -0.309. The summed E-state index contributed by atoms with van der Waals surface area (Å²) in [4.78, 5) is 11.6. The van der Waals surface area contributed by atoms with Crippen LogP contribution in [0.5, 0.6) is 0 Å². The van der Waals surface area contributed by atoms with Gasteiger partial charge in [-0.15, -0.1) is 0 Å². The highest BCUT2D eigenvalue weighted by atomic mass is 32.2. The molecule has 0 aliphatic heterocycles. The van der Waals surface area contributed by atoms with Crippen LogP contribution in [-0.4, -0.2) is 21.6 Å². The predicted octanol–water partition coefficient (Wildman–Crippen LogP) is 1.26. The number of hydrogen-bond donors (Lipinski definition) is 1. The van der Waals surface area contributed by atoms with Crippen LogP contribution in [0.25, 0.3) is 0 Å². The number of hydrogen-bond acceptors (Lipinski definition) is 3. The van der Waals surface area contributed by atoms with Crippen molar-refractivity contribution in [3.63, 3.8) is 0 Å². The molecule has 0 radical (unpaired) electrons. The molecular weight excluding hydrogens is 224 g/mol. The first-order valence-electron chi connectivity index (χ1n) is 4.68. The molecule has 1 amide bonds. The van der Waals surface area contributed by atoms with Crippen molar-refractivity contribution >= 4 is 22.4 Å². The summed E-state index contributed by atoms with van der Waals surface area (Å²) in [6.07, 6.45) is 1.48. The van der Waals surface area contributed by atoms with Gasteiger partial charge in [0.05, 0.1) is 11.6 Å². The average Bonchev–Trinajstić information content (AvgIpc) is 2.28. The minimum Gasteiger partial charge on any atom is -0.325 e. The van der Waals surface area contributed by atoms with Crippen molar-refractivity contribution in [1.82, 2.24) is 0 Å². The highest BCUT2D eigenvalue weighted by Gasteiger charge is 2.16. The molecule has 0 spiro atoms. The van der Waals surface area contributed by atoms with Gasteiger partial charge < -0.3 is 5.32 Å². The lowest BCUT2D eigenvalue weighted by Gasteiger charge is -2.09. The van der Waals surface area contributed by atoms with Gasteiger partial charge in [0.25, 0.3) is 0 Å². The molecule has 16 heavy (non-hydrogen) atoms. The lowest BCUT2D eigenvalue weighted by Crippen LogP contribution is -2.28. The normalized spacial score (nSPS) is 13.6. The molecule has 1 aromatic rings. The molecule has 0 heterocycles. The van der Waals surface area contributed by atoms with E-state index in [1.807, 2.05) is 6.07 Å². The Labute approximate surface area is 96.7 Å². The van der Waals surface area contributed by atoms with Gasteiger partial charge in [0.15, 0.2) is 0 Å². The molecule has 0 saturated heterocycles. The van der Waals surface area contributed by atoms with E-state index in [2.05, 4.69) is 5.32 Å². The molecule has 1 rings (SSSR count). The van der Waals surface area contributed by atoms with Crippen LogP contribution in [0, 0.1) is 11.3 Å². The molecule has 2 atom stereocenters. The van der Waals surface area contributed by atoms with Crippen LogP contribution in [0.15, 0.2) is 24.3 Å². The average molecular weight is 236 g/mol. The fourth-order valence-electron chi connectivity index (χ4n) is 1.06. The van der Waals surface area contributed by atoms with Crippen molar-refractivity contribution in [2.24, 2.45) is 0 Å². The molecular formula is C11H12N2O2S. The molecule has 4 nitrogen and oxygen atoms in total. The van der Waals surface area contributed by atoms with Crippen LogP contribution in [-0.2, 0) is 15.6 Å². The maximum absolute atomic E-state index is 11.6. The second-order valence-electron chi connectivity index (χ2n) is 3.32. The van der Waals surface area contributed by atoms with Crippen molar-refractivity contribution in [3.05, 3.63) is 29.8 Å². The fourth-order valence-corrected chi connectivity index (χ4v) is 1.42. The minimum atomic E-state index is -1.20. The third-order valence-electron chi connectivity index (χ3n) is 2.13. The first-order chi connectivity index (χ1) is 7.54. The van der Waals surface area contributed by atoms with E-state index < -0.39 is 16.0 Å². The highest BCUT2D eigenvalue weighted by Crippen LogP contribution is 2.10. The van der Waals surface area contributed by atoms with E-state index >= 15 is 0 Å². The summed E-state index contributed by atoms with van der Waals surface area (Å²) in [6, 6.07) is 8.57. The van der Waals surface area contributed by atoms with E-state index in [9.17, 15) is 9.00 Å². The van der Waals surface area contributed by atoms with Crippen molar-refractivity contribution in [3.8, 4) is 6.07 Å². The Balaban J connectivity index is 2.78. The summed E-state index contributed by atoms with van der Waals surface area (Å²) in [5.41, 5.74) is 1.02. The fraction of sp³-hybridized carbons (Fsp3) is 0.273. The van der Waals surface area contributed by atoms with Crippen LogP contribution in [0.1, 0.15) is 12.5 Å². The summed E-state index contributed by atoms with van der Waals surface area (Å²) in [5, 5.41) is 10.7. The van der Waals surface area contributed by atoms with Gasteiger partial charge in [-0.3, -0.25) is 9.00 Å². The molecule has 0 aliphatic carbocycles. The Morgan fingerprint density at radius 1 is 1.56 bits per heavy atom. The third kappa shape index (κ3) is 3.17. The zero-order valence-corrected chi connectivity index (χ0v) is 9.88. The second kappa shape index (κ2) is 5.42. The van der Waals surface area contributed by atoms with Gasteiger partial charge >= 0.3 is 0 Å². The van der Waals surface area contributed by atoms with Gasteiger partial charge in [0.2, 0.25) is 5.91 Å². The van der Waals surface area contributed by atoms with Crippen LogP contribution in [0.4, 0.5) is 5.69 Å². The number of nitrogens with one attached hydrogen (secondary N) is 1. The standard InChI is InChI=1S/C11H12N2O2S/c1-8(16(2)15)11(14)13-10-5-3-4-9(6-10)7-12/h3-6,8H,1-2H3,(H,13,14). The van der Waals surface area contributed by atoms with Crippen molar-refractivity contribution in [1.29, 1.82) is 5.26 Å². The summed E-state index contributed by atoms with van der Waals surface area (Å²) in [6.45, 7) is 1.60. The van der Waals surface area contributed by atoms with E-state index in [1.54, 1.807) is 31.2 Å². The highest BCUT2D eigenvalue weighted by molar-refractivity contribution is 7.85. The van der Waals surface area contributed by atoms with Crippen molar-refractivity contribution in [2.45, 2.75) is 12.2 Å². The number of nitriles is 1. The van der Waals surface area contributed by atoms with Crippen LogP contribution in [0.3, 0.4) is 0 Å². The van der Waals surface area contributed by atoms with E-state index in [4.69, 9.17) is 5.26 Å². The van der Waals surface area contributed by atoms with Crippen LogP contribution in [0.2, 0.25) is 0 Å². The smallest absolute Gasteiger partial charge is 0.239 e. The van der Waals surface area contributed by atoms with E-state index in [0.29, 0.717) is 11.3 Å². The quantitative estimate of drug-likeness (QED) is 0.859. The Hall–Kier alpha value is -1.67. The van der Waals surface area contributed by atoms with Gasteiger partial charge in [0.1, 0.15) is 5.25 Å². The molecule has 0 aromatic heterocycles. The molecule has 0 saturated carbocycles. The zero-order valence-electron chi connectivity index (χ0n) is 9.06. The number of anilines is 1. The number of rotatable bonds is 3. The largest absolute Gasteiger partial charge is 0.325 e. The predicted molar refractivity (Wildman–Crippen MR) is 63.3 cm³/mol. The number of carbonyl (C=O) groups excluding carboxylic acids is 1. The Bertz CT molecular complexity index is 465. The molecule has 0 aliphatic rings. The molecule has 5 heteroatoms. The maximum atomic E-state index is 11.6. The van der Waals surface area contributed by atoms with E-state index in [-0.39, 0.29) is 5.91 Å². The lowest BCUT2D eigenvalue weighted by atomic mass is 10.2. The van der Waals surface area contributed by atoms with Gasteiger partial charge in [0, 0.05) is 22.7 Å². The van der Waals surface area contributed by atoms with E-state index in [0.717, 1.165) is 0 Å². The van der Waals surface area contributed by atoms with E-state index in [1.165, 1.54) is 6.26 Å². The number of carbonyl (C=O) groups is 1. The topological polar surface area (TPSA) is 70.0 Å². The monoisotopic (exact) mass is 236 g/mol. The molecule has 1 aromatic carbocycles. The number of benzene rings is 1. The first kappa shape index (κ1) is 12.4. The van der Waals surface area contributed by atoms with Gasteiger partial charge in [-0.05, 0) is 25.1 Å². The zero-order chi connectivity index (χ0) is 12.1. The number of nitrogens with zero attached hydrogens (tertiary/aromatic N) is 1. The maximum Gasteiger partial charge on any atom is 0.239 e. The third-order valence-corrected chi connectivity index (χ3v) is 3.34. The Morgan fingerprint density at radius 3 is 2.81 bits per heavy atom. The summed E-state index contributed by atoms with van der Waals surface area (Å²) in [7, 11) is -1.20. The molecule has 0 bridgehead atoms. The lowest BCUT2D eigenvalue weighted by molar-refractivity contribution is -0.115. The SMILES string of the molecule is CC(C(=O)Nc1cccc(C#N)c1)S(C)=O. The number of amides is 1. The Kier molecular flexibility index (Phi) is 4.20. The molecule has 2 unspecified atom stereocenters. The summed E-state index contributed by atoms with van der Waals surface area (Å²) < 4.78 is 11.1. The summed E-state index contributed by atoms with van der Waals surface area (Å²) >= 11 is 0. The first-order valence-corrected chi connectivity index (χ1v) is 6.30. The Morgan fingerprint density at radius 2 is 2.25 bits per heavy atom. The molecule has 0 fully saturated rings. The van der Waals surface area contributed by atoms with Crippen LogP contribution >= 0.6 is 0 Å². The van der Waals surface area contributed by atoms with Crippen LogP contribution < -0.4 is 5.32 Å². The molecule has 84 valence electrons. The van der Waals surface area contributed by atoms with Gasteiger partial charge in [-0.25, -0.2) is 0 Å². The molecule has 1 N–H and O–H groups in total. The van der Waals surface area contributed by atoms with Gasteiger partial charge in [-0.1, -0.05) is 6.07 Å². The second-order valence-corrected chi connectivity index (χ2v) is 5.03. The van der Waals surface area contributed by atoms with Crippen molar-refractivity contribution in [2.75, 3.05) is 11.6 Å². The van der Waals surface area contributed by atoms with Crippen molar-refractivity contribution < 1.29 is 9.00 Å². The van der Waals surface area contributed by atoms with Gasteiger partial charge in [-0.2, -0.15) is 5.26 Å².